The average molecular weight is 437 g/mol. The van der Waals surface area contributed by atoms with E-state index in [9.17, 15) is 4.79 Å². The number of hydrogen-bond donors (Lipinski definition) is 0. The van der Waals surface area contributed by atoms with Crippen molar-refractivity contribution in [3.63, 3.8) is 0 Å². The molecule has 4 heteroatoms. The van der Waals surface area contributed by atoms with Crippen molar-refractivity contribution >= 4 is 24.7 Å². The Labute approximate surface area is 188 Å². The van der Waals surface area contributed by atoms with E-state index in [-0.39, 0.29) is 16.9 Å². The first kappa shape index (κ1) is 23.5. The van der Waals surface area contributed by atoms with Gasteiger partial charge in [0.2, 0.25) is 0 Å². The van der Waals surface area contributed by atoms with Crippen LogP contribution in [-0.2, 0) is 14.0 Å². The summed E-state index contributed by atoms with van der Waals surface area (Å²) in [6, 6.07) is 21.6. The fourth-order valence-electron chi connectivity index (χ4n) is 4.45. The molecule has 0 N–H and O–H groups in total. The molecule has 0 spiro atoms. The monoisotopic (exact) mass is 436 g/mol. The van der Waals surface area contributed by atoms with Crippen LogP contribution >= 0.6 is 0 Å². The predicted octanol–water partition coefficient (Wildman–Crippen LogP) is 5.24. The van der Waals surface area contributed by atoms with Gasteiger partial charge in [0.15, 0.2) is 0 Å². The summed E-state index contributed by atoms with van der Waals surface area (Å²) in [4.78, 5) is 11.7. The number of ether oxygens (including phenoxy) is 1. The van der Waals surface area contributed by atoms with Gasteiger partial charge in [0.25, 0.3) is 8.32 Å². The van der Waals surface area contributed by atoms with E-state index in [4.69, 9.17) is 9.16 Å². The van der Waals surface area contributed by atoms with Crippen molar-refractivity contribution in [1.29, 1.82) is 0 Å². The van der Waals surface area contributed by atoms with Crippen LogP contribution in [0.4, 0.5) is 0 Å². The molecular formula is C27H36O3Si. The Kier molecular flexibility index (Phi) is 7.90. The molecule has 3 nitrogen and oxygen atoms in total. The Hall–Kier alpha value is -2.17. The van der Waals surface area contributed by atoms with Gasteiger partial charge in [-0.15, -0.1) is 0 Å². The third-order valence-corrected chi connectivity index (χ3v) is 11.1. The Balaban J connectivity index is 1.60. The van der Waals surface area contributed by atoms with Crippen LogP contribution in [0.2, 0.25) is 5.04 Å². The Morgan fingerprint density at radius 3 is 2.00 bits per heavy atom. The van der Waals surface area contributed by atoms with Crippen molar-refractivity contribution in [3.8, 4) is 0 Å². The van der Waals surface area contributed by atoms with Crippen LogP contribution in [0, 0.1) is 5.92 Å². The first-order valence-electron chi connectivity index (χ1n) is 11.5. The summed E-state index contributed by atoms with van der Waals surface area (Å²) in [6.45, 7) is 10.0. The summed E-state index contributed by atoms with van der Waals surface area (Å²) in [7, 11) is -2.43. The van der Waals surface area contributed by atoms with Crippen LogP contribution in [0.3, 0.4) is 0 Å². The molecule has 0 aromatic heterocycles. The van der Waals surface area contributed by atoms with Gasteiger partial charge in [0, 0.05) is 6.61 Å². The summed E-state index contributed by atoms with van der Waals surface area (Å²) in [5, 5.41) is 2.67. The van der Waals surface area contributed by atoms with Gasteiger partial charge in [0.1, 0.15) is 0 Å². The molecular weight excluding hydrogens is 400 g/mol. The molecule has 1 aliphatic carbocycles. The standard InChI is InChI=1S/C27H36O3Si/c1-5-29-26(28)25-21-22(25)15-9-8-14-20-30-31(27(2,3)4,23-16-10-6-11-17-23)24-18-12-7-13-19-24/h6-7,10-13,16-19,21,25H,5,8-9,14-15,20H2,1-4H3. The summed E-state index contributed by atoms with van der Waals surface area (Å²) >= 11 is 0. The third-order valence-electron chi connectivity index (χ3n) is 6.06. The number of rotatable bonds is 11. The molecule has 0 aliphatic heterocycles. The molecule has 2 aromatic carbocycles. The molecule has 0 fully saturated rings. The van der Waals surface area contributed by atoms with Crippen molar-refractivity contribution in [2.75, 3.05) is 13.2 Å². The van der Waals surface area contributed by atoms with Crippen molar-refractivity contribution in [2.24, 2.45) is 5.92 Å². The van der Waals surface area contributed by atoms with Crippen LogP contribution in [0.5, 0.6) is 0 Å². The van der Waals surface area contributed by atoms with Gasteiger partial charge in [-0.3, -0.25) is 4.79 Å². The maximum atomic E-state index is 11.7. The molecule has 166 valence electrons. The molecule has 3 rings (SSSR count). The molecule has 0 amide bonds. The highest BCUT2D eigenvalue weighted by atomic mass is 28.4. The van der Waals surface area contributed by atoms with Crippen molar-refractivity contribution < 1.29 is 14.0 Å². The smallest absolute Gasteiger partial charge is 0.316 e. The zero-order chi connectivity index (χ0) is 22.3. The highest BCUT2D eigenvalue weighted by molar-refractivity contribution is 6.99. The quantitative estimate of drug-likeness (QED) is 0.209. The van der Waals surface area contributed by atoms with Gasteiger partial charge in [0.05, 0.1) is 12.5 Å². The van der Waals surface area contributed by atoms with Crippen molar-refractivity contribution in [3.05, 3.63) is 72.3 Å². The van der Waals surface area contributed by atoms with E-state index >= 15 is 0 Å². The molecule has 2 aromatic rings. The normalized spacial score (nSPS) is 16.0. The van der Waals surface area contributed by atoms with E-state index in [1.807, 2.05) is 13.0 Å². The first-order valence-corrected chi connectivity index (χ1v) is 13.4. The molecule has 0 radical (unpaired) electrons. The Morgan fingerprint density at radius 2 is 1.48 bits per heavy atom. The minimum atomic E-state index is -2.43. The summed E-state index contributed by atoms with van der Waals surface area (Å²) in [5.41, 5.74) is 1.24. The zero-order valence-corrected chi connectivity index (χ0v) is 20.4. The van der Waals surface area contributed by atoms with Gasteiger partial charge in [-0.1, -0.05) is 99.5 Å². The predicted molar refractivity (Wildman–Crippen MR) is 130 cm³/mol. The summed E-state index contributed by atoms with van der Waals surface area (Å²) in [5.74, 6) is -0.138. The minimum absolute atomic E-state index is 0.0153. The number of hydrogen-bond acceptors (Lipinski definition) is 3. The molecule has 1 atom stereocenters. The van der Waals surface area contributed by atoms with Gasteiger partial charge >= 0.3 is 5.97 Å². The number of carbonyl (C=O) groups is 1. The number of unbranched alkanes of at least 4 members (excludes halogenated alkanes) is 2. The molecule has 31 heavy (non-hydrogen) atoms. The van der Waals surface area contributed by atoms with Crippen molar-refractivity contribution in [1.82, 2.24) is 0 Å². The van der Waals surface area contributed by atoms with Gasteiger partial charge in [-0.2, -0.15) is 0 Å². The third kappa shape index (κ3) is 5.55. The van der Waals surface area contributed by atoms with E-state index < -0.39 is 8.32 Å². The molecule has 0 heterocycles. The molecule has 0 saturated carbocycles. The van der Waals surface area contributed by atoms with Gasteiger partial charge in [-0.25, -0.2) is 0 Å². The van der Waals surface area contributed by atoms with Crippen LogP contribution in [-0.4, -0.2) is 27.5 Å². The minimum Gasteiger partial charge on any atom is -0.465 e. The summed E-state index contributed by atoms with van der Waals surface area (Å²) < 4.78 is 12.0. The molecule has 0 saturated heterocycles. The Morgan fingerprint density at radius 1 is 0.903 bits per heavy atom. The van der Waals surface area contributed by atoms with Crippen molar-refractivity contribution in [2.45, 2.75) is 58.4 Å². The van der Waals surface area contributed by atoms with Crippen LogP contribution in [0.1, 0.15) is 53.4 Å². The second-order valence-corrected chi connectivity index (χ2v) is 13.6. The molecule has 1 aliphatic rings. The highest BCUT2D eigenvalue weighted by Gasteiger charge is 2.49. The summed E-state index contributed by atoms with van der Waals surface area (Å²) in [6.07, 6.45) is 6.25. The Bertz CT molecular complexity index is 829. The van der Waals surface area contributed by atoms with E-state index in [1.165, 1.54) is 15.9 Å². The fraction of sp³-hybridized carbons (Fsp3) is 0.444. The lowest BCUT2D eigenvalue weighted by Crippen LogP contribution is -2.66. The van der Waals surface area contributed by atoms with Crippen LogP contribution < -0.4 is 10.4 Å². The second kappa shape index (κ2) is 10.4. The number of benzene rings is 2. The maximum Gasteiger partial charge on any atom is 0.316 e. The van der Waals surface area contributed by atoms with Gasteiger partial charge in [-0.05, 0) is 41.6 Å². The van der Waals surface area contributed by atoms with E-state index in [0.717, 1.165) is 32.3 Å². The number of carbonyl (C=O) groups excluding carboxylic acids is 1. The lowest BCUT2D eigenvalue weighted by Gasteiger charge is -2.43. The van der Waals surface area contributed by atoms with E-state index in [2.05, 4.69) is 81.4 Å². The first-order chi connectivity index (χ1) is 14.9. The van der Waals surface area contributed by atoms with Gasteiger partial charge < -0.3 is 9.16 Å². The topological polar surface area (TPSA) is 35.5 Å². The molecule has 0 bridgehead atoms. The van der Waals surface area contributed by atoms with Crippen LogP contribution in [0.15, 0.2) is 72.3 Å². The van der Waals surface area contributed by atoms with E-state index in [0.29, 0.717) is 6.61 Å². The SMILES string of the molecule is CCOC(=O)C1C=C1CCCCCO[Si](c1ccccc1)(c1ccccc1)C(C)(C)C. The lowest BCUT2D eigenvalue weighted by atomic mass is 10.1. The highest BCUT2D eigenvalue weighted by Crippen LogP contribution is 2.37. The fourth-order valence-corrected chi connectivity index (χ4v) is 9.06. The largest absolute Gasteiger partial charge is 0.465 e. The number of esters is 1. The zero-order valence-electron chi connectivity index (χ0n) is 19.4. The molecule has 1 unspecified atom stereocenters. The lowest BCUT2D eigenvalue weighted by molar-refractivity contribution is -0.144. The second-order valence-electron chi connectivity index (χ2n) is 9.29. The van der Waals surface area contributed by atoms with E-state index in [1.54, 1.807) is 0 Å². The maximum absolute atomic E-state index is 11.7. The average Bonchev–Trinajstić information content (AvgIpc) is 3.54. The van der Waals surface area contributed by atoms with Crippen LogP contribution in [0.25, 0.3) is 0 Å².